The van der Waals surface area contributed by atoms with Gasteiger partial charge in [-0.25, -0.2) is 9.97 Å². The molecule has 4 heterocycles. The monoisotopic (exact) mass is 476 g/mol. The largest absolute Gasteiger partial charge is 0.488 e. The molecule has 180 valence electrons. The van der Waals surface area contributed by atoms with Gasteiger partial charge in [0.1, 0.15) is 17.7 Å². The summed E-state index contributed by atoms with van der Waals surface area (Å²) in [5.41, 5.74) is 0.967. The first kappa shape index (κ1) is 24.9. The Kier molecular flexibility index (Phi) is 8.61. The van der Waals surface area contributed by atoms with Gasteiger partial charge in [0.15, 0.2) is 0 Å². The van der Waals surface area contributed by atoms with Crippen LogP contribution >= 0.6 is 11.6 Å². The summed E-state index contributed by atoms with van der Waals surface area (Å²) in [4.78, 5) is 22.4. The van der Waals surface area contributed by atoms with Gasteiger partial charge in [-0.3, -0.25) is 4.79 Å². The van der Waals surface area contributed by atoms with Crippen molar-refractivity contribution >= 4 is 29.1 Å². The lowest BCUT2D eigenvalue weighted by atomic mass is 9.96. The molecule has 0 aromatic carbocycles. The molecule has 3 unspecified atom stereocenters. The molecule has 2 fully saturated rings. The Morgan fingerprint density at radius 3 is 2.42 bits per heavy atom. The van der Waals surface area contributed by atoms with Crippen LogP contribution in [0.2, 0.25) is 5.02 Å². The first-order chi connectivity index (χ1) is 15.8. The van der Waals surface area contributed by atoms with E-state index in [0.29, 0.717) is 16.8 Å². The Hall–Kier alpha value is -2.74. The summed E-state index contributed by atoms with van der Waals surface area (Å²) in [5.74, 6) is 2.74. The molecule has 3 atom stereocenters. The number of hydrogen-bond donors (Lipinski definition) is 1. The molecule has 2 saturated heterocycles. The number of carboxylic acid groups (broad SMARTS) is 1. The van der Waals surface area contributed by atoms with Crippen LogP contribution in [0.4, 0.5) is 11.5 Å². The van der Waals surface area contributed by atoms with E-state index in [-0.39, 0.29) is 6.10 Å². The molecular formula is C24H33ClN4O4. The van der Waals surface area contributed by atoms with Gasteiger partial charge >= 0.3 is 0 Å². The smallest absolute Gasteiger partial charge is 0.300 e. The van der Waals surface area contributed by atoms with Gasteiger partial charge in [-0.15, -0.1) is 0 Å². The molecule has 1 N–H and O–H groups in total. The first-order valence-corrected chi connectivity index (χ1v) is 11.7. The lowest BCUT2D eigenvalue weighted by Gasteiger charge is -2.38. The molecular weight excluding hydrogens is 444 g/mol. The van der Waals surface area contributed by atoms with Crippen LogP contribution in [0.1, 0.15) is 33.6 Å². The molecule has 9 heteroatoms. The topological polar surface area (TPSA) is 88.0 Å². The fourth-order valence-corrected chi connectivity index (χ4v) is 4.45. The molecule has 8 nitrogen and oxygen atoms in total. The van der Waals surface area contributed by atoms with E-state index in [1.165, 1.54) is 6.42 Å². The van der Waals surface area contributed by atoms with E-state index >= 15 is 0 Å². The second-order valence-electron chi connectivity index (χ2n) is 8.76. The Morgan fingerprint density at radius 1 is 1.12 bits per heavy atom. The zero-order valence-electron chi connectivity index (χ0n) is 19.7. The van der Waals surface area contributed by atoms with Gasteiger partial charge in [-0.1, -0.05) is 25.4 Å². The van der Waals surface area contributed by atoms with Gasteiger partial charge in [0, 0.05) is 51.5 Å². The van der Waals surface area contributed by atoms with Crippen LogP contribution in [-0.4, -0.2) is 60.4 Å². The molecule has 33 heavy (non-hydrogen) atoms. The fraction of sp³-hybridized carbons (Fsp3) is 0.542. The maximum absolute atomic E-state index is 9.00. The molecule has 0 amide bonds. The highest BCUT2D eigenvalue weighted by Gasteiger charge is 2.29. The van der Waals surface area contributed by atoms with Crippen molar-refractivity contribution in [3.63, 3.8) is 0 Å². The van der Waals surface area contributed by atoms with Crippen molar-refractivity contribution in [1.82, 2.24) is 9.97 Å². The van der Waals surface area contributed by atoms with E-state index in [1.54, 1.807) is 13.3 Å². The van der Waals surface area contributed by atoms with Crippen LogP contribution in [0.25, 0.3) is 0 Å². The minimum absolute atomic E-state index is 0.160. The van der Waals surface area contributed by atoms with Gasteiger partial charge in [0.25, 0.3) is 5.97 Å². The number of hydrogen-bond acceptors (Lipinski definition) is 7. The predicted molar refractivity (Wildman–Crippen MR) is 130 cm³/mol. The average molecular weight is 477 g/mol. The minimum Gasteiger partial charge on any atom is -0.488 e. The number of rotatable bonds is 5. The first-order valence-electron chi connectivity index (χ1n) is 11.3. The number of ether oxygens (including phenoxy) is 2. The second kappa shape index (κ2) is 11.4. The third-order valence-corrected chi connectivity index (χ3v) is 6.23. The number of carbonyl (C=O) groups is 1. The highest BCUT2D eigenvalue weighted by Crippen LogP contribution is 2.33. The van der Waals surface area contributed by atoms with Gasteiger partial charge in [0.2, 0.25) is 5.88 Å². The molecule has 2 aliphatic rings. The van der Waals surface area contributed by atoms with Crippen LogP contribution in [0.5, 0.6) is 11.6 Å². The molecule has 0 aliphatic carbocycles. The molecule has 2 aromatic heterocycles. The number of aliphatic carboxylic acids is 1. The van der Waals surface area contributed by atoms with Gasteiger partial charge in [0.05, 0.1) is 30.2 Å². The number of piperidine rings is 1. The summed E-state index contributed by atoms with van der Waals surface area (Å²) < 4.78 is 11.5. The summed E-state index contributed by atoms with van der Waals surface area (Å²) >= 11 is 6.37. The van der Waals surface area contributed by atoms with Crippen LogP contribution in [0.3, 0.4) is 0 Å². The Bertz CT molecular complexity index is 923. The molecule has 2 aromatic rings. The Balaban J connectivity index is 0.000000709. The molecule has 4 rings (SSSR count). The zero-order chi connectivity index (χ0) is 24.0. The van der Waals surface area contributed by atoms with Crippen LogP contribution < -0.4 is 19.3 Å². The van der Waals surface area contributed by atoms with E-state index < -0.39 is 5.97 Å². The summed E-state index contributed by atoms with van der Waals surface area (Å²) in [6, 6.07) is 6.03. The Labute approximate surface area is 200 Å². The van der Waals surface area contributed by atoms with Crippen molar-refractivity contribution in [1.29, 1.82) is 0 Å². The number of pyridine rings is 2. The number of aromatic nitrogens is 2. The molecule has 2 aliphatic heterocycles. The highest BCUT2D eigenvalue weighted by atomic mass is 35.5. The number of halogens is 1. The zero-order valence-corrected chi connectivity index (χ0v) is 20.5. The standard InChI is InChI=1S/C22H29ClN4O2.C2H4O2/c1-15-6-8-27(13-15)21-5-4-17(11-24-21)29-20-7-9-26(14-16(20)2)19-10-22(28-3)25-12-18(19)23;1-2(3)4/h4-5,10-12,15-16,20H,6-9,13-14H2,1-3H3;1H3,(H,3,4). The van der Waals surface area contributed by atoms with E-state index in [0.717, 1.165) is 62.7 Å². The van der Waals surface area contributed by atoms with Crippen LogP contribution in [0.15, 0.2) is 30.6 Å². The quantitative estimate of drug-likeness (QED) is 0.680. The van der Waals surface area contributed by atoms with E-state index in [4.69, 9.17) is 31.0 Å². The van der Waals surface area contributed by atoms with E-state index in [1.807, 2.05) is 12.3 Å². The number of nitrogens with zero attached hydrogens (tertiary/aromatic N) is 4. The number of anilines is 2. The molecule has 0 bridgehead atoms. The maximum Gasteiger partial charge on any atom is 0.300 e. The van der Waals surface area contributed by atoms with Crippen molar-refractivity contribution in [3.05, 3.63) is 35.6 Å². The molecule has 0 radical (unpaired) electrons. The van der Waals surface area contributed by atoms with E-state index in [9.17, 15) is 0 Å². The third kappa shape index (κ3) is 6.87. The number of methoxy groups -OCH3 is 1. The SMILES string of the molecule is CC(=O)O.COc1cc(N2CCC(Oc3ccc(N4CCC(C)C4)nc3)C(C)C2)c(Cl)cn1. The number of carboxylic acids is 1. The third-order valence-electron chi connectivity index (χ3n) is 5.94. The lowest BCUT2D eigenvalue weighted by molar-refractivity contribution is -0.134. The summed E-state index contributed by atoms with van der Waals surface area (Å²) in [5, 5.41) is 8.06. The predicted octanol–water partition coefficient (Wildman–Crippen LogP) is 4.37. The van der Waals surface area contributed by atoms with Gasteiger partial charge < -0.3 is 24.4 Å². The van der Waals surface area contributed by atoms with E-state index in [2.05, 4.69) is 45.7 Å². The second-order valence-corrected chi connectivity index (χ2v) is 9.16. The van der Waals surface area contributed by atoms with Gasteiger partial charge in [-0.2, -0.15) is 0 Å². The van der Waals surface area contributed by atoms with Crippen molar-refractivity contribution in [3.8, 4) is 11.6 Å². The molecule has 0 spiro atoms. The molecule has 0 saturated carbocycles. The fourth-order valence-electron chi connectivity index (χ4n) is 4.23. The van der Waals surface area contributed by atoms with Crippen molar-refractivity contribution < 1.29 is 19.4 Å². The average Bonchev–Trinajstić information content (AvgIpc) is 3.22. The van der Waals surface area contributed by atoms with Crippen molar-refractivity contribution in [2.45, 2.75) is 39.7 Å². The highest BCUT2D eigenvalue weighted by molar-refractivity contribution is 6.33. The van der Waals surface area contributed by atoms with Crippen LogP contribution in [-0.2, 0) is 4.79 Å². The summed E-state index contributed by atoms with van der Waals surface area (Å²) in [6.45, 7) is 9.52. The minimum atomic E-state index is -0.833. The summed E-state index contributed by atoms with van der Waals surface area (Å²) in [6.07, 6.45) is 5.84. The maximum atomic E-state index is 9.00. The lowest BCUT2D eigenvalue weighted by Crippen LogP contribution is -2.44. The van der Waals surface area contributed by atoms with Crippen molar-refractivity contribution in [2.75, 3.05) is 43.1 Å². The van der Waals surface area contributed by atoms with Crippen molar-refractivity contribution in [2.24, 2.45) is 11.8 Å². The Morgan fingerprint density at radius 2 is 1.85 bits per heavy atom. The van der Waals surface area contributed by atoms with Crippen LogP contribution in [0, 0.1) is 11.8 Å². The summed E-state index contributed by atoms with van der Waals surface area (Å²) in [7, 11) is 1.62. The normalized spacial score (nSPS) is 22.4. The van der Waals surface area contributed by atoms with Gasteiger partial charge in [-0.05, 0) is 24.5 Å².